The highest BCUT2D eigenvalue weighted by Crippen LogP contribution is 2.36. The van der Waals surface area contributed by atoms with Crippen LogP contribution in [0.5, 0.6) is 0 Å². The summed E-state index contributed by atoms with van der Waals surface area (Å²) in [5.41, 5.74) is 5.35. The Bertz CT molecular complexity index is 560. The number of esters is 1. The lowest BCUT2D eigenvalue weighted by Crippen LogP contribution is -2.51. The molecule has 23 heavy (non-hydrogen) atoms. The van der Waals surface area contributed by atoms with Crippen molar-refractivity contribution in [3.05, 3.63) is 0 Å². The molecule has 0 aromatic rings. The number of amides is 1. The Morgan fingerprint density at radius 3 is 2.52 bits per heavy atom. The summed E-state index contributed by atoms with van der Waals surface area (Å²) in [6, 6.07) is -0.813. The third-order valence-corrected chi connectivity index (χ3v) is 5.89. The van der Waals surface area contributed by atoms with Crippen LogP contribution in [-0.4, -0.2) is 62.6 Å². The molecule has 0 bridgehead atoms. The standard InChI is InChI=1S/C13H23N3O5S.ClH/c1-21-12(18)10(14)7-9-8-13(15-11(9)17)3-5-16(6-4-13)22(2,19)20;/h9-10H,3-8,14H2,1-2H3,(H,15,17);1H. The molecule has 0 aromatic heterocycles. The summed E-state index contributed by atoms with van der Waals surface area (Å²) in [6.07, 6.45) is 3.17. The fraction of sp³-hybridized carbons (Fsp3) is 0.846. The van der Waals surface area contributed by atoms with Crippen LogP contribution in [0.4, 0.5) is 0 Å². The molecular formula is C13H24ClN3O5S. The molecule has 0 saturated carbocycles. The smallest absolute Gasteiger partial charge is 0.322 e. The monoisotopic (exact) mass is 369 g/mol. The summed E-state index contributed by atoms with van der Waals surface area (Å²) in [5, 5.41) is 2.99. The first-order chi connectivity index (χ1) is 10.2. The summed E-state index contributed by atoms with van der Waals surface area (Å²) in [4.78, 5) is 23.5. The number of methoxy groups -OCH3 is 1. The predicted octanol–water partition coefficient (Wildman–Crippen LogP) is -0.771. The lowest BCUT2D eigenvalue weighted by molar-refractivity contribution is -0.142. The molecule has 2 fully saturated rings. The zero-order chi connectivity index (χ0) is 16.5. The average molecular weight is 370 g/mol. The Labute approximate surface area is 142 Å². The number of piperidine rings is 1. The van der Waals surface area contributed by atoms with Crippen LogP contribution in [0.15, 0.2) is 0 Å². The van der Waals surface area contributed by atoms with Crippen LogP contribution in [0.25, 0.3) is 0 Å². The van der Waals surface area contributed by atoms with Gasteiger partial charge in [-0.25, -0.2) is 12.7 Å². The summed E-state index contributed by atoms with van der Waals surface area (Å²) >= 11 is 0. The molecule has 2 rings (SSSR count). The molecule has 2 heterocycles. The van der Waals surface area contributed by atoms with Crippen molar-refractivity contribution in [2.75, 3.05) is 26.5 Å². The van der Waals surface area contributed by atoms with E-state index >= 15 is 0 Å². The summed E-state index contributed by atoms with van der Waals surface area (Å²) in [7, 11) is -1.93. The van der Waals surface area contributed by atoms with E-state index in [0.29, 0.717) is 32.4 Å². The van der Waals surface area contributed by atoms with Crippen molar-refractivity contribution in [1.82, 2.24) is 9.62 Å². The first kappa shape index (κ1) is 20.1. The second-order valence-corrected chi connectivity index (χ2v) is 8.18. The van der Waals surface area contributed by atoms with E-state index in [1.807, 2.05) is 0 Å². The molecule has 2 aliphatic heterocycles. The number of ether oxygens (including phenoxy) is 1. The largest absolute Gasteiger partial charge is 0.468 e. The Morgan fingerprint density at radius 1 is 1.48 bits per heavy atom. The highest BCUT2D eigenvalue weighted by molar-refractivity contribution is 7.88. The van der Waals surface area contributed by atoms with Crippen molar-refractivity contribution >= 4 is 34.3 Å². The molecule has 2 unspecified atom stereocenters. The summed E-state index contributed by atoms with van der Waals surface area (Å²) < 4.78 is 29.1. The predicted molar refractivity (Wildman–Crippen MR) is 86.5 cm³/mol. The second kappa shape index (κ2) is 7.33. The number of carbonyl (C=O) groups is 2. The fourth-order valence-corrected chi connectivity index (χ4v) is 4.14. The number of nitrogens with one attached hydrogen (secondary N) is 1. The van der Waals surface area contributed by atoms with Gasteiger partial charge in [0, 0.05) is 24.5 Å². The van der Waals surface area contributed by atoms with Gasteiger partial charge in [0.2, 0.25) is 15.9 Å². The first-order valence-electron chi connectivity index (χ1n) is 7.27. The van der Waals surface area contributed by atoms with Crippen LogP contribution >= 0.6 is 12.4 Å². The fourth-order valence-electron chi connectivity index (χ4n) is 3.30. The average Bonchev–Trinajstić information content (AvgIpc) is 2.73. The second-order valence-electron chi connectivity index (χ2n) is 6.20. The maximum atomic E-state index is 12.1. The third-order valence-electron chi connectivity index (χ3n) is 4.59. The molecule has 0 aliphatic carbocycles. The first-order valence-corrected chi connectivity index (χ1v) is 9.12. The van der Waals surface area contributed by atoms with Crippen LogP contribution in [0.1, 0.15) is 25.7 Å². The number of hydrogen-bond donors (Lipinski definition) is 2. The number of rotatable bonds is 4. The van der Waals surface area contributed by atoms with E-state index in [-0.39, 0.29) is 36.2 Å². The lowest BCUT2D eigenvalue weighted by atomic mass is 9.83. The molecule has 0 aromatic carbocycles. The quantitative estimate of drug-likeness (QED) is 0.628. The van der Waals surface area contributed by atoms with E-state index < -0.39 is 22.0 Å². The van der Waals surface area contributed by atoms with Crippen LogP contribution < -0.4 is 11.1 Å². The number of nitrogens with two attached hydrogens (primary N) is 1. The van der Waals surface area contributed by atoms with Crippen molar-refractivity contribution in [2.24, 2.45) is 11.7 Å². The van der Waals surface area contributed by atoms with E-state index in [1.165, 1.54) is 17.7 Å². The highest BCUT2D eigenvalue weighted by Gasteiger charge is 2.47. The van der Waals surface area contributed by atoms with Gasteiger partial charge in [-0.05, 0) is 25.7 Å². The zero-order valence-corrected chi connectivity index (χ0v) is 14.9. The van der Waals surface area contributed by atoms with Gasteiger partial charge in [-0.3, -0.25) is 9.59 Å². The molecule has 0 radical (unpaired) electrons. The number of nitrogens with zero attached hydrogens (tertiary/aromatic N) is 1. The van der Waals surface area contributed by atoms with Crippen molar-refractivity contribution < 1.29 is 22.7 Å². The van der Waals surface area contributed by atoms with Gasteiger partial charge >= 0.3 is 5.97 Å². The van der Waals surface area contributed by atoms with Crippen molar-refractivity contribution in [1.29, 1.82) is 0 Å². The minimum absolute atomic E-state index is 0. The van der Waals surface area contributed by atoms with Gasteiger partial charge in [-0.2, -0.15) is 0 Å². The minimum atomic E-state index is -3.19. The zero-order valence-electron chi connectivity index (χ0n) is 13.3. The van der Waals surface area contributed by atoms with Crippen LogP contribution in [0.3, 0.4) is 0 Å². The number of carbonyl (C=O) groups excluding carboxylic acids is 2. The van der Waals surface area contributed by atoms with Gasteiger partial charge in [-0.15, -0.1) is 12.4 Å². The van der Waals surface area contributed by atoms with E-state index in [1.54, 1.807) is 0 Å². The van der Waals surface area contributed by atoms with Gasteiger partial charge in [-0.1, -0.05) is 0 Å². The maximum Gasteiger partial charge on any atom is 0.322 e. The number of halogens is 1. The third kappa shape index (κ3) is 4.56. The summed E-state index contributed by atoms with van der Waals surface area (Å²) in [6.45, 7) is 0.795. The number of hydrogen-bond acceptors (Lipinski definition) is 6. The molecule has 2 saturated heterocycles. The van der Waals surface area contributed by atoms with Gasteiger partial charge < -0.3 is 15.8 Å². The molecule has 10 heteroatoms. The van der Waals surface area contributed by atoms with Crippen LogP contribution in [0, 0.1) is 5.92 Å². The Kier molecular flexibility index (Phi) is 6.42. The Balaban J connectivity index is 0.00000264. The van der Waals surface area contributed by atoms with Crippen molar-refractivity contribution in [2.45, 2.75) is 37.3 Å². The van der Waals surface area contributed by atoms with E-state index in [2.05, 4.69) is 10.1 Å². The number of sulfonamides is 1. The van der Waals surface area contributed by atoms with Gasteiger partial charge in [0.05, 0.1) is 13.4 Å². The molecule has 2 atom stereocenters. The molecular weight excluding hydrogens is 346 g/mol. The van der Waals surface area contributed by atoms with E-state index in [9.17, 15) is 18.0 Å². The van der Waals surface area contributed by atoms with E-state index in [0.717, 1.165) is 0 Å². The highest BCUT2D eigenvalue weighted by atomic mass is 35.5. The molecule has 3 N–H and O–H groups in total. The molecule has 134 valence electrons. The minimum Gasteiger partial charge on any atom is -0.468 e. The topological polar surface area (TPSA) is 119 Å². The van der Waals surface area contributed by atoms with Crippen molar-refractivity contribution in [3.63, 3.8) is 0 Å². The van der Waals surface area contributed by atoms with Gasteiger partial charge in [0.25, 0.3) is 0 Å². The SMILES string of the molecule is COC(=O)C(N)CC1CC2(CCN(S(C)(=O)=O)CC2)NC1=O.Cl. The van der Waals surface area contributed by atoms with E-state index in [4.69, 9.17) is 5.73 Å². The van der Waals surface area contributed by atoms with Gasteiger partial charge in [0.1, 0.15) is 6.04 Å². The van der Waals surface area contributed by atoms with Crippen LogP contribution in [0.2, 0.25) is 0 Å². The van der Waals surface area contributed by atoms with Crippen LogP contribution in [-0.2, 0) is 24.3 Å². The molecule has 8 nitrogen and oxygen atoms in total. The van der Waals surface area contributed by atoms with Crippen molar-refractivity contribution in [3.8, 4) is 0 Å². The Morgan fingerprint density at radius 2 is 2.04 bits per heavy atom. The van der Waals surface area contributed by atoms with Gasteiger partial charge in [0.15, 0.2) is 0 Å². The maximum absolute atomic E-state index is 12.1. The molecule has 1 amide bonds. The lowest BCUT2D eigenvalue weighted by Gasteiger charge is -2.38. The summed E-state index contributed by atoms with van der Waals surface area (Å²) in [5.74, 6) is -0.980. The molecule has 1 spiro atoms. The Hall–Kier alpha value is -0.900. The molecule has 2 aliphatic rings. The normalized spacial score (nSPS) is 25.5.